The predicted octanol–water partition coefficient (Wildman–Crippen LogP) is 15.6. The zero-order valence-corrected chi connectivity index (χ0v) is 35.9. The molecule has 3 heteroatoms. The van der Waals surface area contributed by atoms with Crippen LogP contribution in [0, 0.1) is 11.8 Å². The number of para-hydroxylation sites is 2. The molecule has 0 bridgehead atoms. The van der Waals surface area contributed by atoms with E-state index in [1.165, 1.54) is 66.6 Å². The third-order valence-corrected chi connectivity index (χ3v) is 11.6. The van der Waals surface area contributed by atoms with Crippen molar-refractivity contribution in [2.75, 3.05) is 12.4 Å². The number of nitrogens with zero attached hydrogens (tertiary/aromatic N) is 1. The number of rotatable bonds is 15. The highest BCUT2D eigenvalue weighted by Gasteiger charge is 2.17. The molecule has 60 heavy (non-hydrogen) atoms. The van der Waals surface area contributed by atoms with Crippen LogP contribution in [-0.4, -0.2) is 11.6 Å². The number of benzene rings is 4. The van der Waals surface area contributed by atoms with E-state index in [0.29, 0.717) is 0 Å². The lowest BCUT2D eigenvalue weighted by atomic mass is 9.88. The molecule has 0 spiro atoms. The van der Waals surface area contributed by atoms with Gasteiger partial charge in [-0.3, -0.25) is 0 Å². The second-order valence-electron chi connectivity index (χ2n) is 15.6. The molecule has 0 aliphatic heterocycles. The lowest BCUT2D eigenvalue weighted by molar-refractivity contribution is 0.653. The second kappa shape index (κ2) is 20.4. The van der Waals surface area contributed by atoms with E-state index in [1.54, 1.807) is 0 Å². The van der Waals surface area contributed by atoms with Crippen molar-refractivity contribution >= 4 is 44.5 Å². The van der Waals surface area contributed by atoms with Gasteiger partial charge in [-0.2, -0.15) is 0 Å². The molecule has 2 aliphatic carbocycles. The van der Waals surface area contributed by atoms with Gasteiger partial charge in [-0.25, -0.2) is 0 Å². The fraction of sp³-hybridized carbons (Fsp3) is 0.193. The molecule has 0 radical (unpaired) electrons. The number of anilines is 2. The van der Waals surface area contributed by atoms with Crippen molar-refractivity contribution in [2.45, 2.75) is 53.4 Å². The number of allylic oxidation sites excluding steroid dienone is 20. The fourth-order valence-corrected chi connectivity index (χ4v) is 8.28. The van der Waals surface area contributed by atoms with Gasteiger partial charge < -0.3 is 15.2 Å². The Bertz CT molecular complexity index is 2630. The molecular weight excluding hydrogens is 727 g/mol. The molecule has 0 fully saturated rings. The molecule has 5 aromatic rings. The average Bonchev–Trinajstić information content (AvgIpc) is 3.53. The Morgan fingerprint density at radius 1 is 0.783 bits per heavy atom. The summed E-state index contributed by atoms with van der Waals surface area (Å²) in [4.78, 5) is 0. The van der Waals surface area contributed by atoms with E-state index < -0.39 is 0 Å². The van der Waals surface area contributed by atoms with Gasteiger partial charge in [-0.05, 0) is 111 Å². The maximum atomic E-state index is 3.71. The van der Waals surface area contributed by atoms with Gasteiger partial charge in [0.25, 0.3) is 0 Å². The maximum Gasteiger partial charge on any atom is 0.0538 e. The molecule has 1 atom stereocenters. The van der Waals surface area contributed by atoms with Gasteiger partial charge in [0.2, 0.25) is 0 Å². The van der Waals surface area contributed by atoms with E-state index in [9.17, 15) is 0 Å². The number of fused-ring (bicyclic) bond motifs is 3. The van der Waals surface area contributed by atoms with Crippen LogP contribution in [0.5, 0.6) is 0 Å². The highest BCUT2D eigenvalue weighted by atomic mass is 15.0. The van der Waals surface area contributed by atoms with E-state index in [1.807, 2.05) is 7.05 Å². The van der Waals surface area contributed by atoms with Crippen molar-refractivity contribution in [1.29, 1.82) is 0 Å². The summed E-state index contributed by atoms with van der Waals surface area (Å²) in [5, 5.41) is 9.76. The molecule has 4 aromatic carbocycles. The Morgan fingerprint density at radius 3 is 2.32 bits per heavy atom. The molecule has 2 N–H and O–H groups in total. The Morgan fingerprint density at radius 2 is 1.53 bits per heavy atom. The SMILES string of the molecule is C/C=C\C=C(/C)c1ccc(-c2ccc3c(c2)c2ccccc2n3/C(C)=C/C=C(\CC)CCC(/C=C(\NC)C2C=CC=CC=C2)C2=CC=CCC=C2)cc1Nc1ccccc1. The molecule has 1 heterocycles. The monoisotopic (exact) mass is 785 g/mol. The second-order valence-corrected chi connectivity index (χ2v) is 15.6. The van der Waals surface area contributed by atoms with Crippen molar-refractivity contribution in [1.82, 2.24) is 9.88 Å². The zero-order chi connectivity index (χ0) is 41.7. The first-order chi connectivity index (χ1) is 29.5. The number of hydrogen-bond donors (Lipinski definition) is 2. The van der Waals surface area contributed by atoms with Crippen molar-refractivity contribution in [3.8, 4) is 11.1 Å². The van der Waals surface area contributed by atoms with Gasteiger partial charge in [0.1, 0.15) is 0 Å². The van der Waals surface area contributed by atoms with Crippen molar-refractivity contribution in [3.05, 3.63) is 217 Å². The maximum absolute atomic E-state index is 3.71. The summed E-state index contributed by atoms with van der Waals surface area (Å²) >= 11 is 0. The summed E-state index contributed by atoms with van der Waals surface area (Å²) in [6.45, 7) is 8.76. The van der Waals surface area contributed by atoms with Crippen molar-refractivity contribution < 1.29 is 0 Å². The van der Waals surface area contributed by atoms with E-state index in [2.05, 4.69) is 237 Å². The molecule has 1 aromatic heterocycles. The summed E-state index contributed by atoms with van der Waals surface area (Å²) in [7, 11) is 2.05. The van der Waals surface area contributed by atoms with Gasteiger partial charge >= 0.3 is 0 Å². The van der Waals surface area contributed by atoms with Crippen molar-refractivity contribution in [3.63, 3.8) is 0 Å². The highest BCUT2D eigenvalue weighted by molar-refractivity contribution is 6.11. The first-order valence-corrected chi connectivity index (χ1v) is 21.6. The van der Waals surface area contributed by atoms with Crippen LogP contribution in [0.1, 0.15) is 58.9 Å². The van der Waals surface area contributed by atoms with E-state index in [-0.39, 0.29) is 11.8 Å². The molecule has 0 saturated heterocycles. The van der Waals surface area contributed by atoms with Crippen LogP contribution in [0.2, 0.25) is 0 Å². The Kier molecular flexibility index (Phi) is 14.1. The van der Waals surface area contributed by atoms with Gasteiger partial charge in [-0.1, -0.05) is 164 Å². The van der Waals surface area contributed by atoms with Crippen LogP contribution < -0.4 is 10.6 Å². The first kappa shape index (κ1) is 41.6. The predicted molar refractivity (Wildman–Crippen MR) is 263 cm³/mol. The lowest BCUT2D eigenvalue weighted by Gasteiger charge is -2.20. The van der Waals surface area contributed by atoms with E-state index in [4.69, 9.17) is 0 Å². The largest absolute Gasteiger partial charge is 0.391 e. The van der Waals surface area contributed by atoms with Crippen LogP contribution in [-0.2, 0) is 0 Å². The molecule has 0 saturated carbocycles. The average molecular weight is 786 g/mol. The molecule has 302 valence electrons. The quantitative estimate of drug-likeness (QED) is 0.104. The summed E-state index contributed by atoms with van der Waals surface area (Å²) < 4.78 is 2.43. The minimum Gasteiger partial charge on any atom is -0.391 e. The standard InChI is InChI=1S/C57H59N3/c1-6-8-22-42(3)51-37-35-49(41-55(51)59-50-27-18-13-19-28-50)47-36-38-57-53(39-47)52-29-20-21-30-56(52)60(57)43(4)31-32-44(7-2)33-34-48(45-23-14-9-10-15-24-45)40-54(58-5)46-25-16-11-12-17-26-46/h6,8-9,11-32,35-41,46,48,58-59H,7,10,33-34H2,1-5H3/b8-6-,42-22+,43-31+,44-32+,54-40-. The molecular formula is C57H59N3. The van der Waals surface area contributed by atoms with Crippen LogP contribution in [0.25, 0.3) is 44.2 Å². The first-order valence-electron chi connectivity index (χ1n) is 21.6. The zero-order valence-electron chi connectivity index (χ0n) is 35.9. The molecule has 1 unspecified atom stereocenters. The molecule has 7 rings (SSSR count). The molecule has 2 aliphatic rings. The third-order valence-electron chi connectivity index (χ3n) is 11.6. The summed E-state index contributed by atoms with van der Waals surface area (Å²) in [5.74, 6) is 0.512. The number of nitrogens with one attached hydrogen (secondary N) is 2. The molecule has 0 amide bonds. The van der Waals surface area contributed by atoms with Gasteiger partial charge in [-0.15, -0.1) is 0 Å². The summed E-state index contributed by atoms with van der Waals surface area (Å²) in [6, 6.07) is 33.0. The van der Waals surface area contributed by atoms with Crippen LogP contribution in [0.3, 0.4) is 0 Å². The van der Waals surface area contributed by atoms with Gasteiger partial charge in [0.15, 0.2) is 0 Å². The summed E-state index contributed by atoms with van der Waals surface area (Å²) in [6.07, 6.45) is 41.9. The van der Waals surface area contributed by atoms with Crippen LogP contribution >= 0.6 is 0 Å². The van der Waals surface area contributed by atoms with Gasteiger partial charge in [0, 0.05) is 58.0 Å². The van der Waals surface area contributed by atoms with Crippen LogP contribution in [0.15, 0.2) is 211 Å². The third kappa shape index (κ3) is 9.98. The topological polar surface area (TPSA) is 29.0 Å². The fourth-order valence-electron chi connectivity index (χ4n) is 8.28. The smallest absolute Gasteiger partial charge is 0.0538 e. The lowest BCUT2D eigenvalue weighted by Crippen LogP contribution is -2.16. The molecule has 3 nitrogen and oxygen atoms in total. The Balaban J connectivity index is 1.20. The highest BCUT2D eigenvalue weighted by Crippen LogP contribution is 2.37. The van der Waals surface area contributed by atoms with E-state index >= 15 is 0 Å². The minimum atomic E-state index is 0.224. The normalized spacial score (nSPS) is 15.8. The number of hydrogen-bond acceptors (Lipinski definition) is 2. The van der Waals surface area contributed by atoms with Gasteiger partial charge in [0.05, 0.1) is 11.0 Å². The van der Waals surface area contributed by atoms with Crippen LogP contribution in [0.4, 0.5) is 11.4 Å². The Labute approximate surface area is 358 Å². The number of aromatic nitrogens is 1. The Hall–Kier alpha value is -6.58. The van der Waals surface area contributed by atoms with Crippen molar-refractivity contribution in [2.24, 2.45) is 11.8 Å². The van der Waals surface area contributed by atoms with E-state index in [0.717, 1.165) is 37.1 Å². The minimum absolute atomic E-state index is 0.224. The summed E-state index contributed by atoms with van der Waals surface area (Å²) in [5.41, 5.74) is 14.6.